The van der Waals surface area contributed by atoms with Gasteiger partial charge in [0.05, 0.1) is 12.2 Å². The molecule has 1 amide bonds. The zero-order chi connectivity index (χ0) is 21.3. The van der Waals surface area contributed by atoms with Crippen LogP contribution >= 0.6 is 0 Å². The summed E-state index contributed by atoms with van der Waals surface area (Å²) < 4.78 is 11.1. The molecule has 0 radical (unpaired) electrons. The van der Waals surface area contributed by atoms with Gasteiger partial charge in [-0.1, -0.05) is 50.6 Å². The lowest BCUT2D eigenvalue weighted by Gasteiger charge is -2.18. The van der Waals surface area contributed by atoms with Gasteiger partial charge in [0.15, 0.2) is 6.10 Å². The van der Waals surface area contributed by atoms with E-state index in [2.05, 4.69) is 5.32 Å². The predicted molar refractivity (Wildman–Crippen MR) is 119 cm³/mol. The van der Waals surface area contributed by atoms with Crippen LogP contribution in [0.15, 0.2) is 66.7 Å². The highest BCUT2D eigenvalue weighted by Gasteiger charge is 2.19. The molecule has 1 N–H and O–H groups in total. The van der Waals surface area contributed by atoms with E-state index >= 15 is 0 Å². The number of carbonyl (C=O) groups is 2. The molecular weight excluding hydrogens is 378 g/mol. The highest BCUT2D eigenvalue weighted by atomic mass is 16.5. The number of benzene rings is 3. The Balaban J connectivity index is 1.60. The summed E-state index contributed by atoms with van der Waals surface area (Å²) in [5.41, 5.74) is 1.06. The topological polar surface area (TPSA) is 64.6 Å². The van der Waals surface area contributed by atoms with Crippen LogP contribution in [0.3, 0.4) is 0 Å². The summed E-state index contributed by atoms with van der Waals surface area (Å²) in [5.74, 6) is 0.0669. The summed E-state index contributed by atoms with van der Waals surface area (Å²) in [6.45, 7) is 4.36. The standard InChI is InChI=1S/C25H27NO4/c1-3-5-16-29-25(28)19-10-13-21(14-11-19)26-24(27)23(4-2)30-22-15-12-18-8-6-7-9-20(18)17-22/h6-15,17,23H,3-5,16H2,1-2H3,(H,26,27)/t23-/m1/s1. The zero-order valence-corrected chi connectivity index (χ0v) is 17.4. The third kappa shape index (κ3) is 5.60. The smallest absolute Gasteiger partial charge is 0.338 e. The Bertz CT molecular complexity index is 997. The van der Waals surface area contributed by atoms with Crippen molar-refractivity contribution in [2.24, 2.45) is 0 Å². The van der Waals surface area contributed by atoms with Gasteiger partial charge in [0.25, 0.3) is 5.91 Å². The molecule has 0 fully saturated rings. The van der Waals surface area contributed by atoms with Crippen molar-refractivity contribution in [1.82, 2.24) is 0 Å². The second-order valence-electron chi connectivity index (χ2n) is 7.08. The van der Waals surface area contributed by atoms with Gasteiger partial charge in [-0.25, -0.2) is 4.79 Å². The first-order valence-electron chi connectivity index (χ1n) is 10.3. The van der Waals surface area contributed by atoms with E-state index in [9.17, 15) is 9.59 Å². The number of ether oxygens (including phenoxy) is 2. The quantitative estimate of drug-likeness (QED) is 0.372. The maximum atomic E-state index is 12.7. The Hall–Kier alpha value is -3.34. The lowest BCUT2D eigenvalue weighted by molar-refractivity contribution is -0.122. The van der Waals surface area contributed by atoms with Gasteiger partial charge in [0.2, 0.25) is 0 Å². The van der Waals surface area contributed by atoms with Crippen LogP contribution in [-0.2, 0) is 9.53 Å². The number of hydrogen-bond donors (Lipinski definition) is 1. The van der Waals surface area contributed by atoms with Gasteiger partial charge >= 0.3 is 5.97 Å². The molecule has 0 heterocycles. The maximum Gasteiger partial charge on any atom is 0.338 e. The van der Waals surface area contributed by atoms with Crippen molar-refractivity contribution in [3.63, 3.8) is 0 Å². The minimum atomic E-state index is -0.621. The molecule has 0 saturated carbocycles. The van der Waals surface area contributed by atoms with Crippen molar-refractivity contribution in [2.75, 3.05) is 11.9 Å². The van der Waals surface area contributed by atoms with Crippen molar-refractivity contribution >= 4 is 28.3 Å². The van der Waals surface area contributed by atoms with E-state index in [0.717, 1.165) is 23.6 Å². The van der Waals surface area contributed by atoms with Crippen LogP contribution in [-0.4, -0.2) is 24.6 Å². The summed E-state index contributed by atoms with van der Waals surface area (Å²) in [6.07, 6.45) is 1.72. The van der Waals surface area contributed by atoms with Crippen LogP contribution in [0.4, 0.5) is 5.69 Å². The van der Waals surface area contributed by atoms with Crippen LogP contribution in [0.25, 0.3) is 10.8 Å². The second kappa shape index (κ2) is 10.4. The van der Waals surface area contributed by atoms with E-state index in [0.29, 0.717) is 30.0 Å². The Labute approximate surface area is 177 Å². The number of nitrogens with one attached hydrogen (secondary N) is 1. The number of unbranched alkanes of at least 4 members (excludes halogenated alkanes) is 1. The maximum absolute atomic E-state index is 12.7. The number of fused-ring (bicyclic) bond motifs is 1. The highest BCUT2D eigenvalue weighted by molar-refractivity contribution is 5.95. The van der Waals surface area contributed by atoms with Crippen molar-refractivity contribution in [3.8, 4) is 5.75 Å². The van der Waals surface area contributed by atoms with Gasteiger partial charge in [0, 0.05) is 5.69 Å². The van der Waals surface area contributed by atoms with Gasteiger partial charge in [0.1, 0.15) is 5.75 Å². The molecule has 156 valence electrons. The molecule has 5 heteroatoms. The molecular formula is C25H27NO4. The molecule has 0 saturated heterocycles. The SMILES string of the molecule is CCCCOC(=O)c1ccc(NC(=O)[C@@H](CC)Oc2ccc3ccccc3c2)cc1. The highest BCUT2D eigenvalue weighted by Crippen LogP contribution is 2.22. The van der Waals surface area contributed by atoms with E-state index in [1.54, 1.807) is 24.3 Å². The van der Waals surface area contributed by atoms with E-state index < -0.39 is 6.10 Å². The number of rotatable bonds is 9. The number of anilines is 1. The molecule has 3 aromatic rings. The minimum absolute atomic E-state index is 0.232. The number of amides is 1. The monoisotopic (exact) mass is 405 g/mol. The molecule has 0 spiro atoms. The number of carbonyl (C=O) groups excluding carboxylic acids is 2. The molecule has 30 heavy (non-hydrogen) atoms. The summed E-state index contributed by atoms with van der Waals surface area (Å²) in [6, 6.07) is 20.5. The van der Waals surface area contributed by atoms with Crippen LogP contribution in [0.1, 0.15) is 43.5 Å². The van der Waals surface area contributed by atoms with E-state index in [-0.39, 0.29) is 11.9 Å². The third-order valence-electron chi connectivity index (χ3n) is 4.78. The molecule has 0 aromatic heterocycles. The average Bonchev–Trinajstić information content (AvgIpc) is 2.77. The van der Waals surface area contributed by atoms with E-state index in [4.69, 9.17) is 9.47 Å². The molecule has 1 atom stereocenters. The molecule has 0 aliphatic rings. The minimum Gasteiger partial charge on any atom is -0.481 e. The van der Waals surface area contributed by atoms with Gasteiger partial charge < -0.3 is 14.8 Å². The Morgan fingerprint density at radius 2 is 1.67 bits per heavy atom. The molecule has 0 unspecified atom stereocenters. The first-order valence-corrected chi connectivity index (χ1v) is 10.3. The Morgan fingerprint density at radius 1 is 0.933 bits per heavy atom. The van der Waals surface area contributed by atoms with Crippen LogP contribution < -0.4 is 10.1 Å². The second-order valence-corrected chi connectivity index (χ2v) is 7.08. The third-order valence-corrected chi connectivity index (χ3v) is 4.78. The Morgan fingerprint density at radius 3 is 2.37 bits per heavy atom. The van der Waals surface area contributed by atoms with Crippen LogP contribution in [0.2, 0.25) is 0 Å². The molecule has 0 aliphatic carbocycles. The lowest BCUT2D eigenvalue weighted by atomic mass is 10.1. The van der Waals surface area contributed by atoms with E-state index in [1.807, 2.05) is 56.3 Å². The summed E-state index contributed by atoms with van der Waals surface area (Å²) >= 11 is 0. The largest absolute Gasteiger partial charge is 0.481 e. The fourth-order valence-electron chi connectivity index (χ4n) is 3.03. The number of hydrogen-bond acceptors (Lipinski definition) is 4. The zero-order valence-electron chi connectivity index (χ0n) is 17.4. The Kier molecular flexibility index (Phi) is 7.44. The van der Waals surface area contributed by atoms with Gasteiger partial charge in [-0.05, 0) is 60.0 Å². The van der Waals surface area contributed by atoms with E-state index in [1.165, 1.54) is 0 Å². The van der Waals surface area contributed by atoms with Gasteiger partial charge in [-0.2, -0.15) is 0 Å². The fraction of sp³-hybridized carbons (Fsp3) is 0.280. The number of esters is 1. The normalized spacial score (nSPS) is 11.7. The van der Waals surface area contributed by atoms with Crippen molar-refractivity contribution in [2.45, 2.75) is 39.2 Å². The lowest BCUT2D eigenvalue weighted by Crippen LogP contribution is -2.32. The van der Waals surface area contributed by atoms with Crippen molar-refractivity contribution < 1.29 is 19.1 Å². The molecule has 0 aliphatic heterocycles. The predicted octanol–water partition coefficient (Wildman–Crippen LogP) is 5.59. The first-order chi connectivity index (χ1) is 14.6. The van der Waals surface area contributed by atoms with Crippen molar-refractivity contribution in [1.29, 1.82) is 0 Å². The average molecular weight is 405 g/mol. The van der Waals surface area contributed by atoms with Gasteiger partial charge in [-0.3, -0.25) is 4.79 Å². The van der Waals surface area contributed by atoms with Crippen LogP contribution in [0, 0.1) is 0 Å². The molecule has 3 rings (SSSR count). The summed E-state index contributed by atoms with van der Waals surface area (Å²) in [5, 5.41) is 5.04. The van der Waals surface area contributed by atoms with Crippen LogP contribution in [0.5, 0.6) is 5.75 Å². The van der Waals surface area contributed by atoms with Crippen molar-refractivity contribution in [3.05, 3.63) is 72.3 Å². The summed E-state index contributed by atoms with van der Waals surface area (Å²) in [7, 11) is 0. The summed E-state index contributed by atoms with van der Waals surface area (Å²) in [4.78, 5) is 24.7. The first kappa shape index (κ1) is 21.4. The molecule has 5 nitrogen and oxygen atoms in total. The fourth-order valence-corrected chi connectivity index (χ4v) is 3.03. The molecule has 3 aromatic carbocycles. The van der Waals surface area contributed by atoms with Gasteiger partial charge in [-0.15, -0.1) is 0 Å². The molecule has 0 bridgehead atoms.